The highest BCUT2D eigenvalue weighted by Crippen LogP contribution is 2.23. The zero-order chi connectivity index (χ0) is 19.5. The molecule has 2 N–H and O–H groups in total. The van der Waals surface area contributed by atoms with Crippen LogP contribution in [0.1, 0.15) is 63.4 Å². The van der Waals surface area contributed by atoms with Crippen molar-refractivity contribution < 1.29 is 19.8 Å². The van der Waals surface area contributed by atoms with Crippen molar-refractivity contribution >= 4 is 11.9 Å². The third kappa shape index (κ3) is 7.85. The number of amides is 1. The van der Waals surface area contributed by atoms with Crippen LogP contribution in [0.5, 0.6) is 0 Å². The maximum Gasteiger partial charge on any atom is 0.303 e. The molecule has 0 bridgehead atoms. The molecule has 1 saturated heterocycles. The van der Waals surface area contributed by atoms with Gasteiger partial charge in [0, 0.05) is 31.8 Å². The van der Waals surface area contributed by atoms with Gasteiger partial charge in [-0.25, -0.2) is 0 Å². The maximum absolute atomic E-state index is 12.3. The molecule has 1 amide bonds. The number of aliphatic hydroxyl groups excluding tert-OH is 1. The first-order valence-corrected chi connectivity index (χ1v) is 9.99. The fraction of sp³-hybridized carbons (Fsp3) is 0.545. The number of piperidine rings is 1. The van der Waals surface area contributed by atoms with Crippen molar-refractivity contribution in [3.8, 4) is 0 Å². The van der Waals surface area contributed by atoms with E-state index in [1.165, 1.54) is 0 Å². The van der Waals surface area contributed by atoms with Gasteiger partial charge in [-0.15, -0.1) is 0 Å². The van der Waals surface area contributed by atoms with Gasteiger partial charge in [0.1, 0.15) is 0 Å². The topological polar surface area (TPSA) is 77.8 Å². The van der Waals surface area contributed by atoms with Crippen molar-refractivity contribution in [3.05, 3.63) is 47.7 Å². The van der Waals surface area contributed by atoms with Crippen LogP contribution in [0, 0.1) is 0 Å². The summed E-state index contributed by atoms with van der Waals surface area (Å²) in [7, 11) is 0. The molecule has 0 aromatic heterocycles. The molecule has 27 heavy (non-hydrogen) atoms. The van der Waals surface area contributed by atoms with Gasteiger partial charge >= 0.3 is 5.97 Å². The quantitative estimate of drug-likeness (QED) is 0.443. The molecular weight excluding hydrogens is 342 g/mol. The van der Waals surface area contributed by atoms with Gasteiger partial charge in [0.25, 0.3) is 0 Å². The normalized spacial score (nSPS) is 17.9. The van der Waals surface area contributed by atoms with E-state index in [1.54, 1.807) is 0 Å². The van der Waals surface area contributed by atoms with E-state index >= 15 is 0 Å². The molecule has 0 saturated carbocycles. The number of carboxylic acids is 1. The van der Waals surface area contributed by atoms with Gasteiger partial charge < -0.3 is 15.1 Å². The van der Waals surface area contributed by atoms with Crippen LogP contribution in [-0.2, 0) is 16.0 Å². The Balaban J connectivity index is 1.79. The number of hydrogen-bond acceptors (Lipinski definition) is 3. The number of benzene rings is 1. The maximum atomic E-state index is 12.3. The van der Waals surface area contributed by atoms with E-state index in [-0.39, 0.29) is 18.4 Å². The molecule has 1 aromatic carbocycles. The molecule has 0 aliphatic carbocycles. The molecule has 0 spiro atoms. The molecule has 2 rings (SSSR count). The van der Waals surface area contributed by atoms with E-state index in [2.05, 4.69) is 0 Å². The summed E-state index contributed by atoms with van der Waals surface area (Å²) in [6.45, 7) is 0.726. The highest BCUT2D eigenvalue weighted by molar-refractivity contribution is 5.77. The van der Waals surface area contributed by atoms with Gasteiger partial charge in [0.05, 0.1) is 5.76 Å². The van der Waals surface area contributed by atoms with Gasteiger partial charge in [0.15, 0.2) is 0 Å². The molecule has 1 fully saturated rings. The van der Waals surface area contributed by atoms with Crippen LogP contribution < -0.4 is 0 Å². The van der Waals surface area contributed by atoms with E-state index in [9.17, 15) is 14.7 Å². The number of aliphatic hydroxyl groups is 1. The van der Waals surface area contributed by atoms with Gasteiger partial charge in [-0.2, -0.15) is 0 Å². The highest BCUT2D eigenvalue weighted by Gasteiger charge is 2.26. The molecule has 148 valence electrons. The molecule has 0 radical (unpaired) electrons. The zero-order valence-electron chi connectivity index (χ0n) is 16.0. The van der Waals surface area contributed by atoms with Crippen LogP contribution >= 0.6 is 0 Å². The van der Waals surface area contributed by atoms with Crippen LogP contribution in [0.2, 0.25) is 0 Å². The summed E-state index contributed by atoms with van der Waals surface area (Å²) < 4.78 is 0. The molecule has 1 atom stereocenters. The van der Waals surface area contributed by atoms with E-state index in [4.69, 9.17) is 5.11 Å². The number of hydrogen-bond donors (Lipinski definition) is 2. The lowest BCUT2D eigenvalue weighted by molar-refractivity contribution is -0.137. The SMILES string of the molecule is O=C(O)CCCCCCN1C(=O)CCC[C@@H]1C/C=C(\O)Cc1ccccc1. The molecule has 5 nitrogen and oxygen atoms in total. The number of carbonyl (C=O) groups excluding carboxylic acids is 1. The Morgan fingerprint density at radius 1 is 1.11 bits per heavy atom. The van der Waals surface area contributed by atoms with Crippen molar-refractivity contribution in [1.82, 2.24) is 4.90 Å². The third-order valence-corrected chi connectivity index (χ3v) is 5.08. The molecule has 1 heterocycles. The van der Waals surface area contributed by atoms with E-state index in [1.807, 2.05) is 41.3 Å². The predicted octanol–water partition coefficient (Wildman–Crippen LogP) is 4.48. The number of carboxylic acid groups (broad SMARTS) is 1. The largest absolute Gasteiger partial charge is 0.512 e. The second-order valence-corrected chi connectivity index (χ2v) is 7.28. The number of likely N-dealkylation sites (tertiary alicyclic amines) is 1. The predicted molar refractivity (Wildman–Crippen MR) is 106 cm³/mol. The standard InChI is InChI=1S/C22H31NO4/c24-20(17-18-9-4-3-5-10-18)15-14-19-11-8-12-21(25)23(19)16-7-2-1-6-13-22(26)27/h3-5,9-10,15,19,24H,1-2,6-8,11-14,16-17H2,(H,26,27)/b20-15-/t19-/m1/s1. The van der Waals surface area contributed by atoms with Crippen LogP contribution in [0.4, 0.5) is 0 Å². The van der Waals surface area contributed by atoms with Gasteiger partial charge in [-0.1, -0.05) is 43.2 Å². The summed E-state index contributed by atoms with van der Waals surface area (Å²) in [5, 5.41) is 18.9. The lowest BCUT2D eigenvalue weighted by atomic mass is 9.97. The Kier molecular flexibility index (Phi) is 8.89. The summed E-state index contributed by atoms with van der Waals surface area (Å²) in [5.41, 5.74) is 1.07. The Labute approximate surface area is 161 Å². The highest BCUT2D eigenvalue weighted by atomic mass is 16.4. The second kappa shape index (κ2) is 11.4. The first-order chi connectivity index (χ1) is 13.1. The van der Waals surface area contributed by atoms with Crippen molar-refractivity contribution in [2.45, 2.75) is 70.3 Å². The Hall–Kier alpha value is -2.30. The molecule has 1 aromatic rings. The lowest BCUT2D eigenvalue weighted by Crippen LogP contribution is -2.43. The first kappa shape index (κ1) is 21.0. The minimum atomic E-state index is -0.747. The molecular formula is C22H31NO4. The van der Waals surface area contributed by atoms with Crippen molar-refractivity contribution in [2.24, 2.45) is 0 Å². The molecule has 5 heteroatoms. The van der Waals surface area contributed by atoms with E-state index < -0.39 is 5.97 Å². The number of rotatable bonds is 11. The van der Waals surface area contributed by atoms with Crippen molar-refractivity contribution in [3.63, 3.8) is 0 Å². The zero-order valence-corrected chi connectivity index (χ0v) is 16.0. The van der Waals surface area contributed by atoms with Gasteiger partial charge in [-0.3, -0.25) is 9.59 Å². The van der Waals surface area contributed by atoms with Crippen LogP contribution in [0.3, 0.4) is 0 Å². The lowest BCUT2D eigenvalue weighted by Gasteiger charge is -2.35. The fourth-order valence-electron chi connectivity index (χ4n) is 3.61. The second-order valence-electron chi connectivity index (χ2n) is 7.28. The first-order valence-electron chi connectivity index (χ1n) is 9.99. The van der Waals surface area contributed by atoms with E-state index in [0.717, 1.165) is 44.2 Å². The van der Waals surface area contributed by atoms with Crippen molar-refractivity contribution in [2.75, 3.05) is 6.54 Å². The Morgan fingerprint density at radius 2 is 1.85 bits per heavy atom. The molecule has 1 aliphatic heterocycles. The minimum absolute atomic E-state index is 0.156. The number of aliphatic carboxylic acids is 1. The van der Waals surface area contributed by atoms with Gasteiger partial charge in [-0.05, 0) is 43.7 Å². The summed E-state index contributed by atoms with van der Waals surface area (Å²) in [6.07, 6.45) is 9.20. The van der Waals surface area contributed by atoms with Crippen LogP contribution in [0.15, 0.2) is 42.2 Å². The van der Waals surface area contributed by atoms with Crippen molar-refractivity contribution in [1.29, 1.82) is 0 Å². The van der Waals surface area contributed by atoms with Crippen LogP contribution in [-0.4, -0.2) is 39.6 Å². The average molecular weight is 373 g/mol. The summed E-state index contributed by atoms with van der Waals surface area (Å²) in [6, 6.07) is 10.0. The monoisotopic (exact) mass is 373 g/mol. The Morgan fingerprint density at radius 3 is 2.59 bits per heavy atom. The summed E-state index contributed by atoms with van der Waals surface area (Å²) >= 11 is 0. The number of unbranched alkanes of at least 4 members (excludes halogenated alkanes) is 3. The fourth-order valence-corrected chi connectivity index (χ4v) is 3.61. The molecule has 0 unspecified atom stereocenters. The number of nitrogens with zero attached hydrogens (tertiary/aromatic N) is 1. The van der Waals surface area contributed by atoms with E-state index in [0.29, 0.717) is 31.4 Å². The summed E-state index contributed by atoms with van der Waals surface area (Å²) in [4.78, 5) is 24.8. The summed E-state index contributed by atoms with van der Waals surface area (Å²) in [5.74, 6) is -0.191. The average Bonchev–Trinajstić information content (AvgIpc) is 2.65. The smallest absolute Gasteiger partial charge is 0.303 e. The number of allylic oxidation sites excluding steroid dienone is 1. The minimum Gasteiger partial charge on any atom is -0.512 e. The molecule has 1 aliphatic rings. The van der Waals surface area contributed by atoms with Crippen LogP contribution in [0.25, 0.3) is 0 Å². The Bertz CT molecular complexity index is 626. The third-order valence-electron chi connectivity index (χ3n) is 5.08. The number of carbonyl (C=O) groups is 2. The van der Waals surface area contributed by atoms with Gasteiger partial charge in [0.2, 0.25) is 5.91 Å².